The van der Waals surface area contributed by atoms with Crippen molar-refractivity contribution >= 4 is 34.9 Å². The van der Waals surface area contributed by atoms with Crippen molar-refractivity contribution in [3.8, 4) is 0 Å². The zero-order chi connectivity index (χ0) is 27.0. The van der Waals surface area contributed by atoms with Crippen molar-refractivity contribution in [2.24, 2.45) is 0 Å². The number of rotatable bonds is 5. The SMILES string of the molecule is CC(C)c1nc(C(=O)N2CCC(N(C)C(=O)C(F)(F)F)CC2(C)C)cnc1Nc1ccc(Cl)c(F)c1. The highest BCUT2D eigenvalue weighted by Gasteiger charge is 2.46. The quantitative estimate of drug-likeness (QED) is 0.515. The second-order valence-corrected chi connectivity index (χ2v) is 10.1. The average molecular weight is 530 g/mol. The van der Waals surface area contributed by atoms with Crippen LogP contribution in [0.5, 0.6) is 0 Å². The van der Waals surface area contributed by atoms with E-state index in [-0.39, 0.29) is 36.0 Å². The number of hydrogen-bond donors (Lipinski definition) is 1. The topological polar surface area (TPSA) is 78.4 Å². The third kappa shape index (κ3) is 5.88. The van der Waals surface area contributed by atoms with Crippen molar-refractivity contribution in [3.05, 3.63) is 46.6 Å². The van der Waals surface area contributed by atoms with E-state index in [1.54, 1.807) is 24.8 Å². The van der Waals surface area contributed by atoms with Crippen LogP contribution in [0.15, 0.2) is 24.4 Å². The Kier molecular flexibility index (Phi) is 7.83. The summed E-state index contributed by atoms with van der Waals surface area (Å²) in [6.45, 7) is 7.37. The predicted octanol–water partition coefficient (Wildman–Crippen LogP) is 5.54. The number of amides is 2. The molecule has 1 aromatic carbocycles. The fourth-order valence-electron chi connectivity index (χ4n) is 4.30. The van der Waals surface area contributed by atoms with Gasteiger partial charge in [-0.3, -0.25) is 9.59 Å². The van der Waals surface area contributed by atoms with Crippen LogP contribution in [0.2, 0.25) is 5.02 Å². The first kappa shape index (κ1) is 27.6. The lowest BCUT2D eigenvalue weighted by molar-refractivity contribution is -0.187. The van der Waals surface area contributed by atoms with Gasteiger partial charge in [0, 0.05) is 30.9 Å². The van der Waals surface area contributed by atoms with Crippen LogP contribution < -0.4 is 5.32 Å². The molecule has 3 rings (SSSR count). The monoisotopic (exact) mass is 529 g/mol. The molecule has 7 nitrogen and oxygen atoms in total. The molecule has 1 aromatic heterocycles. The van der Waals surface area contributed by atoms with Crippen molar-refractivity contribution in [2.45, 2.75) is 64.2 Å². The molecule has 0 saturated carbocycles. The summed E-state index contributed by atoms with van der Waals surface area (Å²) in [7, 11) is 1.13. The van der Waals surface area contributed by atoms with Gasteiger partial charge in [-0.25, -0.2) is 14.4 Å². The van der Waals surface area contributed by atoms with Crippen molar-refractivity contribution in [1.82, 2.24) is 19.8 Å². The normalized spacial score (nSPS) is 17.8. The Morgan fingerprint density at radius 2 is 1.94 bits per heavy atom. The zero-order valence-electron chi connectivity index (χ0n) is 20.6. The fourth-order valence-corrected chi connectivity index (χ4v) is 4.41. The molecule has 1 unspecified atom stereocenters. The van der Waals surface area contributed by atoms with Gasteiger partial charge in [0.2, 0.25) is 0 Å². The number of carbonyl (C=O) groups excluding carboxylic acids is 2. The zero-order valence-corrected chi connectivity index (χ0v) is 21.3. The van der Waals surface area contributed by atoms with Gasteiger partial charge in [0.15, 0.2) is 5.82 Å². The third-order valence-corrected chi connectivity index (χ3v) is 6.56. The van der Waals surface area contributed by atoms with Gasteiger partial charge in [0.05, 0.1) is 16.9 Å². The third-order valence-electron chi connectivity index (χ3n) is 6.26. The van der Waals surface area contributed by atoms with E-state index >= 15 is 0 Å². The van der Waals surface area contributed by atoms with Gasteiger partial charge in [-0.1, -0.05) is 25.4 Å². The first-order chi connectivity index (χ1) is 16.6. The molecular weight excluding hydrogens is 502 g/mol. The maximum Gasteiger partial charge on any atom is 0.471 e. The van der Waals surface area contributed by atoms with Crippen molar-refractivity contribution in [3.63, 3.8) is 0 Å². The smallest absolute Gasteiger partial charge is 0.339 e. The van der Waals surface area contributed by atoms with Crippen LogP contribution in [-0.2, 0) is 4.79 Å². The molecule has 2 heterocycles. The van der Waals surface area contributed by atoms with Crippen LogP contribution in [0, 0.1) is 5.82 Å². The first-order valence-corrected chi connectivity index (χ1v) is 11.7. The molecule has 2 aromatic rings. The summed E-state index contributed by atoms with van der Waals surface area (Å²) in [6.07, 6.45) is -3.28. The van der Waals surface area contributed by atoms with Gasteiger partial charge in [0.25, 0.3) is 5.91 Å². The van der Waals surface area contributed by atoms with E-state index in [1.807, 2.05) is 13.8 Å². The molecule has 1 N–H and O–H groups in total. The van der Waals surface area contributed by atoms with Crippen LogP contribution in [0.1, 0.15) is 62.6 Å². The molecule has 1 aliphatic rings. The Bertz CT molecular complexity index is 1160. The van der Waals surface area contributed by atoms with Crippen LogP contribution in [0.25, 0.3) is 0 Å². The minimum atomic E-state index is -4.96. The minimum Gasteiger partial charge on any atom is -0.339 e. The summed E-state index contributed by atoms with van der Waals surface area (Å²) >= 11 is 5.74. The summed E-state index contributed by atoms with van der Waals surface area (Å²) in [5.74, 6) is -2.69. The van der Waals surface area contributed by atoms with Gasteiger partial charge in [-0.2, -0.15) is 13.2 Å². The van der Waals surface area contributed by atoms with E-state index in [2.05, 4.69) is 15.3 Å². The molecular formula is C24H28ClF4N5O2. The van der Waals surface area contributed by atoms with Gasteiger partial charge in [-0.15, -0.1) is 0 Å². The molecule has 196 valence electrons. The highest BCUT2D eigenvalue weighted by atomic mass is 35.5. The molecule has 0 spiro atoms. The Morgan fingerprint density at radius 3 is 2.50 bits per heavy atom. The molecule has 1 aliphatic heterocycles. The lowest BCUT2D eigenvalue weighted by atomic mass is 9.86. The second kappa shape index (κ2) is 10.2. The molecule has 36 heavy (non-hydrogen) atoms. The average Bonchev–Trinajstić information content (AvgIpc) is 2.78. The number of benzene rings is 1. The van der Waals surface area contributed by atoms with E-state index in [9.17, 15) is 27.2 Å². The number of nitrogens with zero attached hydrogens (tertiary/aromatic N) is 4. The maximum atomic E-state index is 13.8. The van der Waals surface area contributed by atoms with E-state index in [1.165, 1.54) is 18.3 Å². The molecule has 2 amide bonds. The van der Waals surface area contributed by atoms with Gasteiger partial charge in [-0.05, 0) is 50.8 Å². The highest BCUT2D eigenvalue weighted by molar-refractivity contribution is 6.30. The van der Waals surface area contributed by atoms with Crippen LogP contribution in [0.4, 0.5) is 29.1 Å². The standard InChI is InChI=1S/C24H28ClF4N5O2/c1-13(2)19-20(31-14-6-7-16(25)17(26)10-14)30-12-18(32-19)21(35)34-9-8-15(11-23(34,3)4)33(5)22(36)24(27,28)29/h6-7,10,12-13,15H,8-9,11H2,1-5H3,(H,30,31). The summed E-state index contributed by atoms with van der Waals surface area (Å²) in [4.78, 5) is 36.2. The van der Waals surface area contributed by atoms with E-state index in [0.29, 0.717) is 22.1 Å². The molecule has 1 saturated heterocycles. The molecule has 0 bridgehead atoms. The number of piperidine rings is 1. The van der Waals surface area contributed by atoms with Crippen LogP contribution in [-0.4, -0.2) is 62.9 Å². The number of hydrogen-bond acceptors (Lipinski definition) is 5. The molecule has 0 radical (unpaired) electrons. The first-order valence-electron chi connectivity index (χ1n) is 11.4. The second-order valence-electron chi connectivity index (χ2n) is 9.73. The minimum absolute atomic E-state index is 0.0167. The van der Waals surface area contributed by atoms with Crippen molar-refractivity contribution < 1.29 is 27.2 Å². The Hall–Kier alpha value is -2.95. The Morgan fingerprint density at radius 1 is 1.28 bits per heavy atom. The van der Waals surface area contributed by atoms with Crippen LogP contribution >= 0.6 is 11.6 Å². The lowest BCUT2D eigenvalue weighted by Crippen LogP contribution is -2.58. The van der Waals surface area contributed by atoms with Crippen molar-refractivity contribution in [2.75, 3.05) is 18.9 Å². The largest absolute Gasteiger partial charge is 0.471 e. The number of alkyl halides is 3. The Labute approximate surface area is 211 Å². The number of aromatic nitrogens is 2. The number of halogens is 5. The van der Waals surface area contributed by atoms with E-state index in [0.717, 1.165) is 7.05 Å². The number of nitrogens with one attached hydrogen (secondary N) is 1. The fraction of sp³-hybridized carbons (Fsp3) is 0.500. The lowest BCUT2D eigenvalue weighted by Gasteiger charge is -2.47. The Balaban J connectivity index is 1.81. The van der Waals surface area contributed by atoms with Gasteiger partial charge >= 0.3 is 12.1 Å². The summed E-state index contributed by atoms with van der Waals surface area (Å²) < 4.78 is 52.5. The number of carbonyl (C=O) groups is 2. The highest BCUT2D eigenvalue weighted by Crippen LogP contribution is 2.33. The van der Waals surface area contributed by atoms with Gasteiger partial charge < -0.3 is 15.1 Å². The molecule has 0 aliphatic carbocycles. The maximum absolute atomic E-state index is 13.8. The van der Waals surface area contributed by atoms with E-state index < -0.39 is 35.4 Å². The molecule has 12 heteroatoms. The predicted molar refractivity (Wildman–Crippen MR) is 128 cm³/mol. The number of anilines is 2. The molecule has 1 fully saturated rings. The number of likely N-dealkylation sites (tertiary alicyclic amines) is 1. The summed E-state index contributed by atoms with van der Waals surface area (Å²) in [5, 5.41) is 2.98. The summed E-state index contributed by atoms with van der Waals surface area (Å²) in [6, 6.07) is 3.55. The van der Waals surface area contributed by atoms with Crippen LogP contribution in [0.3, 0.4) is 0 Å². The van der Waals surface area contributed by atoms with Crippen molar-refractivity contribution in [1.29, 1.82) is 0 Å². The molecule has 1 atom stereocenters. The van der Waals surface area contributed by atoms with E-state index in [4.69, 9.17) is 11.6 Å². The van der Waals surface area contributed by atoms with Gasteiger partial charge in [0.1, 0.15) is 11.5 Å². The summed E-state index contributed by atoms with van der Waals surface area (Å²) in [5.41, 5.74) is 0.141.